The van der Waals surface area contributed by atoms with Gasteiger partial charge in [-0.1, -0.05) is 187 Å². The zero-order valence-electron chi connectivity index (χ0n) is 20.9. The second-order valence-electron chi connectivity index (χ2n) is 8.24. The number of hydrogen-bond acceptors (Lipinski definition) is 3. The normalized spacial score (nSPS) is 11.2. The number of halogens is 17. The maximum Gasteiger partial charge on any atom is 0.212 e. The van der Waals surface area contributed by atoms with E-state index in [4.69, 9.17) is 188 Å². The van der Waals surface area contributed by atoms with Gasteiger partial charge in [-0.15, -0.1) is 0 Å². The lowest BCUT2D eigenvalue weighted by atomic mass is 10.1. The van der Waals surface area contributed by atoms with Crippen LogP contribution in [0.3, 0.4) is 0 Å². The SMILES string of the molecule is C=Cc1c(Oc2c(Cl)c(Cl)c(Cl)c(Cl)c2Cl)c(F)c(Oc2c(Cl)c(Cl)c(Cl)c(Cl)c2Cl)c(F)c1Oc1c(Cl)c(Cl)c(Cl)c(Cl)c1Cl. The molecule has 20 heteroatoms. The molecule has 0 fully saturated rings. The summed E-state index contributed by atoms with van der Waals surface area (Å²) < 4.78 is 49.9. The zero-order valence-corrected chi connectivity index (χ0v) is 32.3. The van der Waals surface area contributed by atoms with E-state index in [0.717, 1.165) is 6.08 Å². The molecule has 4 aromatic rings. The van der Waals surface area contributed by atoms with Crippen molar-refractivity contribution >= 4 is 180 Å². The Hall–Kier alpha value is 0.230. The van der Waals surface area contributed by atoms with Gasteiger partial charge in [0, 0.05) is 0 Å². The highest BCUT2D eigenvalue weighted by molar-refractivity contribution is 6.57. The van der Waals surface area contributed by atoms with E-state index in [1.807, 2.05) is 0 Å². The predicted octanol–water partition coefficient (Wildman–Crippen LogP) is 17.8. The van der Waals surface area contributed by atoms with E-state index in [-0.39, 0.29) is 45.2 Å². The Morgan fingerprint density at radius 1 is 0.326 bits per heavy atom. The fourth-order valence-electron chi connectivity index (χ4n) is 3.45. The van der Waals surface area contributed by atoms with E-state index in [2.05, 4.69) is 6.58 Å². The largest absolute Gasteiger partial charge is 0.450 e. The summed E-state index contributed by atoms with van der Waals surface area (Å²) in [6.45, 7) is 3.58. The average molecular weight is 933 g/mol. The van der Waals surface area contributed by atoms with Gasteiger partial charge in [-0.3, -0.25) is 0 Å². The summed E-state index contributed by atoms with van der Waals surface area (Å²) in [6, 6.07) is 0. The molecule has 46 heavy (non-hydrogen) atoms. The smallest absolute Gasteiger partial charge is 0.212 e. The predicted molar refractivity (Wildman–Crippen MR) is 191 cm³/mol. The van der Waals surface area contributed by atoms with E-state index in [1.54, 1.807) is 0 Å². The van der Waals surface area contributed by atoms with Gasteiger partial charge in [0.25, 0.3) is 0 Å². The van der Waals surface area contributed by atoms with Crippen LogP contribution in [-0.4, -0.2) is 0 Å². The van der Waals surface area contributed by atoms with Crippen LogP contribution >= 0.6 is 174 Å². The van der Waals surface area contributed by atoms with Crippen LogP contribution in [-0.2, 0) is 0 Å². The first-order chi connectivity index (χ1) is 21.4. The quantitative estimate of drug-likeness (QED) is 0.137. The van der Waals surface area contributed by atoms with Crippen molar-refractivity contribution in [2.75, 3.05) is 0 Å². The lowest BCUT2D eigenvalue weighted by Gasteiger charge is -2.22. The minimum atomic E-state index is -1.58. The van der Waals surface area contributed by atoms with E-state index >= 15 is 8.78 Å². The van der Waals surface area contributed by atoms with Crippen molar-refractivity contribution in [3.63, 3.8) is 0 Å². The number of ether oxygens (including phenoxy) is 3. The van der Waals surface area contributed by atoms with Gasteiger partial charge in [-0.25, -0.2) is 0 Å². The first-order valence-corrected chi connectivity index (χ1v) is 16.8. The molecule has 3 nitrogen and oxygen atoms in total. The molecule has 0 aliphatic carbocycles. The van der Waals surface area contributed by atoms with Crippen LogP contribution in [0.15, 0.2) is 6.58 Å². The minimum absolute atomic E-state index is 0.246. The topological polar surface area (TPSA) is 27.7 Å². The fourth-order valence-corrected chi connectivity index (χ4v) is 7.04. The molecule has 4 aromatic carbocycles. The van der Waals surface area contributed by atoms with E-state index < -0.39 is 81.8 Å². The molecule has 0 unspecified atom stereocenters. The van der Waals surface area contributed by atoms with Crippen molar-refractivity contribution in [3.05, 3.63) is 99.1 Å². The first-order valence-electron chi connectivity index (χ1n) is 11.1. The van der Waals surface area contributed by atoms with Gasteiger partial charge in [-0.05, 0) is 0 Å². The van der Waals surface area contributed by atoms with Gasteiger partial charge in [0.05, 0.1) is 50.8 Å². The lowest BCUT2D eigenvalue weighted by molar-refractivity contribution is 0.358. The summed E-state index contributed by atoms with van der Waals surface area (Å²) in [4.78, 5) is 0. The van der Waals surface area contributed by atoms with Crippen LogP contribution in [0.2, 0.25) is 75.3 Å². The summed E-state index contributed by atoms with van der Waals surface area (Å²) in [5.41, 5.74) is -0.546. The van der Waals surface area contributed by atoms with Crippen LogP contribution in [0.4, 0.5) is 8.78 Å². The second-order valence-corrected chi connectivity index (χ2v) is 13.9. The third-order valence-electron chi connectivity index (χ3n) is 5.61. The lowest BCUT2D eigenvalue weighted by Crippen LogP contribution is -2.05. The molecule has 0 amide bonds. The van der Waals surface area contributed by atoms with Crippen molar-refractivity contribution in [1.29, 1.82) is 0 Å². The van der Waals surface area contributed by atoms with Gasteiger partial charge in [0.2, 0.25) is 17.4 Å². The molecule has 0 aliphatic heterocycles. The summed E-state index contributed by atoms with van der Waals surface area (Å²) in [7, 11) is 0. The standard InChI is InChI=1S/C26H3Cl15F2O3/c1-2-3-21(44-23-13(36)7(30)4(27)8(31)14(23)37)19(42)26(46-25-17(40)11(34)6(29)12(35)18(25)41)20(43)22(3)45-24-15(38)9(32)5(28)10(33)16(24)39/h2H,1H2. The highest BCUT2D eigenvalue weighted by Gasteiger charge is 2.34. The average Bonchev–Trinajstić information content (AvgIpc) is 3.04. The molecule has 0 bridgehead atoms. The minimum Gasteiger partial charge on any atom is -0.450 e. The molecule has 0 saturated carbocycles. The van der Waals surface area contributed by atoms with Crippen LogP contribution in [0.25, 0.3) is 6.08 Å². The summed E-state index contributed by atoms with van der Waals surface area (Å²) in [5, 5.41) is -5.44. The highest BCUT2D eigenvalue weighted by atomic mass is 35.5. The molecule has 0 radical (unpaired) electrons. The Balaban J connectivity index is 2.11. The van der Waals surface area contributed by atoms with Crippen molar-refractivity contribution in [2.45, 2.75) is 0 Å². The second kappa shape index (κ2) is 15.2. The molecule has 0 N–H and O–H groups in total. The maximum atomic E-state index is 16.4. The van der Waals surface area contributed by atoms with Crippen molar-refractivity contribution < 1.29 is 23.0 Å². The van der Waals surface area contributed by atoms with Crippen LogP contribution in [0.5, 0.6) is 34.5 Å². The molecule has 4 rings (SSSR count). The van der Waals surface area contributed by atoms with Crippen molar-refractivity contribution in [1.82, 2.24) is 0 Å². The van der Waals surface area contributed by atoms with E-state index in [9.17, 15) is 0 Å². The van der Waals surface area contributed by atoms with E-state index in [0.29, 0.717) is 0 Å². The van der Waals surface area contributed by atoms with Gasteiger partial charge in [-0.2, -0.15) is 8.78 Å². The fraction of sp³-hybridized carbons (Fsp3) is 0. The number of hydrogen-bond donors (Lipinski definition) is 0. The molecule has 244 valence electrons. The monoisotopic (exact) mass is 926 g/mol. The van der Waals surface area contributed by atoms with E-state index in [1.165, 1.54) is 0 Å². The highest BCUT2D eigenvalue weighted by Crippen LogP contribution is 2.56. The Bertz CT molecular complexity index is 1800. The summed E-state index contributed by atoms with van der Waals surface area (Å²) in [5.74, 6) is -7.91. The number of benzene rings is 4. The molecule has 0 aromatic heterocycles. The molecular weight excluding hydrogens is 930 g/mol. The Labute approximate surface area is 333 Å². The van der Waals surface area contributed by atoms with Gasteiger partial charge >= 0.3 is 0 Å². The Morgan fingerprint density at radius 2 is 0.522 bits per heavy atom. The van der Waals surface area contributed by atoms with Crippen molar-refractivity contribution in [2.24, 2.45) is 0 Å². The maximum absolute atomic E-state index is 16.4. The molecular formula is C26H3Cl15F2O3. The molecule has 0 heterocycles. The third kappa shape index (κ3) is 6.80. The van der Waals surface area contributed by atoms with Gasteiger partial charge in [0.15, 0.2) is 28.7 Å². The van der Waals surface area contributed by atoms with Crippen LogP contribution in [0, 0.1) is 11.6 Å². The van der Waals surface area contributed by atoms with Gasteiger partial charge < -0.3 is 14.2 Å². The molecule has 0 aliphatic rings. The Kier molecular flexibility index (Phi) is 12.9. The number of rotatable bonds is 7. The van der Waals surface area contributed by atoms with Crippen LogP contribution < -0.4 is 14.2 Å². The first kappa shape index (κ1) is 39.0. The van der Waals surface area contributed by atoms with Crippen LogP contribution in [0.1, 0.15) is 5.56 Å². The van der Waals surface area contributed by atoms with Crippen molar-refractivity contribution in [3.8, 4) is 34.5 Å². The summed E-state index contributed by atoms with van der Waals surface area (Å²) in [6.07, 6.45) is 0.915. The summed E-state index contributed by atoms with van der Waals surface area (Å²) >= 11 is 92.7. The zero-order chi connectivity index (χ0) is 34.7. The third-order valence-corrected chi connectivity index (χ3v) is 12.3. The molecule has 0 spiro atoms. The molecule has 0 atom stereocenters. The Morgan fingerprint density at radius 3 is 0.739 bits per heavy atom. The van der Waals surface area contributed by atoms with Gasteiger partial charge in [0.1, 0.15) is 30.1 Å². The molecule has 0 saturated heterocycles.